The van der Waals surface area contributed by atoms with Crippen molar-refractivity contribution < 1.29 is 19.1 Å². The van der Waals surface area contributed by atoms with Crippen LogP contribution in [0.4, 0.5) is 0 Å². The van der Waals surface area contributed by atoms with E-state index in [-0.39, 0.29) is 12.3 Å². The Morgan fingerprint density at radius 2 is 1.93 bits per heavy atom. The van der Waals surface area contributed by atoms with Crippen molar-refractivity contribution in [3.05, 3.63) is 51.0 Å². The van der Waals surface area contributed by atoms with Crippen molar-refractivity contribution in [1.82, 2.24) is 4.90 Å². The zero-order valence-electron chi connectivity index (χ0n) is 16.1. The van der Waals surface area contributed by atoms with E-state index in [1.165, 1.54) is 11.8 Å². The summed E-state index contributed by atoms with van der Waals surface area (Å²) in [4.78, 5) is 25.6. The molecule has 0 bridgehead atoms. The number of aliphatic carboxylic acids is 1. The number of halogens is 2. The highest BCUT2D eigenvalue weighted by Gasteiger charge is 2.33. The van der Waals surface area contributed by atoms with Gasteiger partial charge in [-0.1, -0.05) is 53.6 Å². The quantitative estimate of drug-likeness (QED) is 0.262. The molecule has 1 aromatic heterocycles. The van der Waals surface area contributed by atoms with Crippen LogP contribution in [-0.2, 0) is 9.59 Å². The first-order valence-corrected chi connectivity index (χ1v) is 11.3. The van der Waals surface area contributed by atoms with Crippen molar-refractivity contribution in [3.63, 3.8) is 0 Å². The molecule has 3 rings (SSSR count). The number of hydrogen-bond acceptors (Lipinski definition) is 5. The molecule has 1 aliphatic heterocycles. The molecule has 1 amide bonds. The van der Waals surface area contributed by atoms with E-state index in [0.717, 1.165) is 12.0 Å². The minimum atomic E-state index is -0.808. The number of amides is 1. The largest absolute Gasteiger partial charge is 0.481 e. The number of carboxylic acid groups (broad SMARTS) is 1. The number of hydrogen-bond donors (Lipinski definition) is 1. The molecule has 158 valence electrons. The molecule has 1 N–H and O–H groups in total. The van der Waals surface area contributed by atoms with Crippen LogP contribution in [0.1, 0.15) is 38.4 Å². The molecule has 2 aromatic rings. The molecule has 2 heterocycles. The number of allylic oxidation sites excluding steroid dienone is 1. The van der Waals surface area contributed by atoms with E-state index in [4.69, 9.17) is 44.9 Å². The first kappa shape index (κ1) is 22.9. The number of carboxylic acids is 1. The second kappa shape index (κ2) is 10.0. The number of furan rings is 1. The summed E-state index contributed by atoms with van der Waals surface area (Å²) in [6, 6.07) is 8.88. The van der Waals surface area contributed by atoms with Crippen LogP contribution in [0.25, 0.3) is 16.9 Å². The van der Waals surface area contributed by atoms with Crippen molar-refractivity contribution in [1.29, 1.82) is 0 Å². The van der Waals surface area contributed by atoms with Gasteiger partial charge in [0.05, 0.1) is 15.0 Å². The second-order valence-corrected chi connectivity index (χ2v) is 9.23. The van der Waals surface area contributed by atoms with Gasteiger partial charge in [0.2, 0.25) is 0 Å². The van der Waals surface area contributed by atoms with Crippen molar-refractivity contribution >= 4 is 69.0 Å². The second-order valence-electron chi connectivity index (χ2n) is 6.78. The SMILES string of the molecule is C/C(=C1\SC(=S)N(CCCCCC(=O)O)C1=O)c1ccc(-c2ccc(Cl)c(Cl)c2)o1. The summed E-state index contributed by atoms with van der Waals surface area (Å²) in [7, 11) is 0. The van der Waals surface area contributed by atoms with Crippen LogP contribution in [0.3, 0.4) is 0 Å². The predicted octanol–water partition coefficient (Wildman–Crippen LogP) is 6.49. The smallest absolute Gasteiger partial charge is 0.303 e. The summed E-state index contributed by atoms with van der Waals surface area (Å²) in [5, 5.41) is 9.60. The summed E-state index contributed by atoms with van der Waals surface area (Å²) < 4.78 is 6.45. The fraction of sp³-hybridized carbons (Fsp3) is 0.286. The summed E-state index contributed by atoms with van der Waals surface area (Å²) in [6.07, 6.45) is 2.15. The number of thiocarbonyl (C=S) groups is 1. The fourth-order valence-corrected chi connectivity index (χ4v) is 4.63. The van der Waals surface area contributed by atoms with E-state index in [1.54, 1.807) is 17.0 Å². The molecule has 0 radical (unpaired) electrons. The highest BCUT2D eigenvalue weighted by molar-refractivity contribution is 8.26. The van der Waals surface area contributed by atoms with E-state index in [0.29, 0.717) is 55.8 Å². The third-order valence-corrected chi connectivity index (χ3v) is 6.93. The van der Waals surface area contributed by atoms with E-state index in [9.17, 15) is 9.59 Å². The van der Waals surface area contributed by atoms with Gasteiger partial charge in [0, 0.05) is 24.1 Å². The zero-order chi connectivity index (χ0) is 21.8. The Kier molecular flexibility index (Phi) is 7.63. The van der Waals surface area contributed by atoms with Gasteiger partial charge in [-0.3, -0.25) is 14.5 Å². The number of thioether (sulfide) groups is 1. The van der Waals surface area contributed by atoms with Gasteiger partial charge in [0.15, 0.2) is 0 Å². The van der Waals surface area contributed by atoms with Crippen LogP contribution in [0, 0.1) is 0 Å². The van der Waals surface area contributed by atoms with Crippen LogP contribution in [0.2, 0.25) is 10.0 Å². The highest BCUT2D eigenvalue weighted by atomic mass is 35.5. The molecule has 1 saturated heterocycles. The van der Waals surface area contributed by atoms with Crippen LogP contribution in [-0.4, -0.2) is 32.7 Å². The lowest BCUT2D eigenvalue weighted by molar-refractivity contribution is -0.137. The van der Waals surface area contributed by atoms with Crippen LogP contribution < -0.4 is 0 Å². The number of nitrogens with zero attached hydrogens (tertiary/aromatic N) is 1. The van der Waals surface area contributed by atoms with Crippen molar-refractivity contribution in [3.8, 4) is 11.3 Å². The maximum Gasteiger partial charge on any atom is 0.303 e. The lowest BCUT2D eigenvalue weighted by Gasteiger charge is -2.14. The van der Waals surface area contributed by atoms with Crippen molar-refractivity contribution in [2.24, 2.45) is 0 Å². The molecule has 1 fully saturated rings. The maximum absolute atomic E-state index is 12.9. The monoisotopic (exact) mass is 483 g/mol. The molecule has 5 nitrogen and oxygen atoms in total. The zero-order valence-corrected chi connectivity index (χ0v) is 19.3. The van der Waals surface area contributed by atoms with Crippen LogP contribution >= 0.6 is 47.2 Å². The third-order valence-electron chi connectivity index (χ3n) is 4.64. The Morgan fingerprint density at radius 3 is 2.63 bits per heavy atom. The molecule has 0 saturated carbocycles. The Labute approximate surface area is 194 Å². The maximum atomic E-state index is 12.9. The number of unbranched alkanes of at least 4 members (excludes halogenated alkanes) is 2. The first-order chi connectivity index (χ1) is 14.3. The summed E-state index contributed by atoms with van der Waals surface area (Å²) in [5.74, 6) is 0.251. The Hall–Kier alpha value is -1.80. The normalized spacial score (nSPS) is 15.8. The van der Waals surface area contributed by atoms with E-state index < -0.39 is 5.97 Å². The predicted molar refractivity (Wildman–Crippen MR) is 125 cm³/mol. The lowest BCUT2D eigenvalue weighted by Crippen LogP contribution is -2.29. The molecular weight excluding hydrogens is 465 g/mol. The number of rotatable bonds is 8. The minimum Gasteiger partial charge on any atom is -0.481 e. The summed E-state index contributed by atoms with van der Waals surface area (Å²) in [6.45, 7) is 2.31. The molecule has 1 aliphatic rings. The molecular formula is C21H19Cl2NO4S2. The van der Waals surface area contributed by atoms with Crippen LogP contribution in [0.15, 0.2) is 39.7 Å². The topological polar surface area (TPSA) is 70.8 Å². The Morgan fingerprint density at radius 1 is 1.17 bits per heavy atom. The van der Waals surface area contributed by atoms with E-state index in [1.807, 2.05) is 25.1 Å². The molecule has 30 heavy (non-hydrogen) atoms. The van der Waals surface area contributed by atoms with Gasteiger partial charge in [-0.2, -0.15) is 0 Å². The molecule has 9 heteroatoms. The molecule has 0 spiro atoms. The Bertz CT molecular complexity index is 1030. The van der Waals surface area contributed by atoms with Gasteiger partial charge in [-0.05, 0) is 50.1 Å². The summed E-state index contributed by atoms with van der Waals surface area (Å²) in [5.41, 5.74) is 1.50. The number of carbonyl (C=O) groups is 2. The molecule has 0 aliphatic carbocycles. The van der Waals surface area contributed by atoms with E-state index >= 15 is 0 Å². The molecule has 0 unspecified atom stereocenters. The highest BCUT2D eigenvalue weighted by Crippen LogP contribution is 2.38. The van der Waals surface area contributed by atoms with Crippen molar-refractivity contribution in [2.45, 2.75) is 32.6 Å². The Balaban J connectivity index is 1.71. The molecule has 1 aromatic carbocycles. The van der Waals surface area contributed by atoms with Gasteiger partial charge in [-0.25, -0.2) is 0 Å². The standard InChI is InChI=1S/C21H19Cl2NO4S2/c1-12(16-8-9-17(28-16)13-6-7-14(22)15(23)11-13)19-20(27)24(21(29)30-19)10-4-2-3-5-18(25)26/h6-9,11H,2-5,10H2,1H3,(H,25,26)/b19-12+. The van der Waals surface area contributed by atoms with Crippen molar-refractivity contribution in [2.75, 3.05) is 6.54 Å². The average Bonchev–Trinajstić information content (AvgIpc) is 3.29. The summed E-state index contributed by atoms with van der Waals surface area (Å²) >= 11 is 18.7. The lowest BCUT2D eigenvalue weighted by atomic mass is 10.1. The number of benzene rings is 1. The number of carbonyl (C=O) groups excluding carboxylic acids is 1. The van der Waals surface area contributed by atoms with Gasteiger partial charge in [0.25, 0.3) is 5.91 Å². The third kappa shape index (κ3) is 5.27. The fourth-order valence-electron chi connectivity index (χ4n) is 3.00. The molecule has 0 atom stereocenters. The van der Waals surface area contributed by atoms with Gasteiger partial charge >= 0.3 is 5.97 Å². The van der Waals surface area contributed by atoms with Gasteiger partial charge in [-0.15, -0.1) is 0 Å². The van der Waals surface area contributed by atoms with Gasteiger partial charge < -0.3 is 9.52 Å². The minimum absolute atomic E-state index is 0.136. The van der Waals surface area contributed by atoms with Gasteiger partial charge in [0.1, 0.15) is 15.8 Å². The van der Waals surface area contributed by atoms with Crippen LogP contribution in [0.5, 0.6) is 0 Å². The average molecular weight is 484 g/mol. The first-order valence-electron chi connectivity index (χ1n) is 9.30. The van der Waals surface area contributed by atoms with E-state index in [2.05, 4.69) is 0 Å².